The lowest BCUT2D eigenvalue weighted by Crippen LogP contribution is -2.36. The first-order chi connectivity index (χ1) is 23.1. The fourth-order valence-electron chi connectivity index (χ4n) is 5.58. The standard InChI is InChI=1S/C31H34F2N8O6S2/c1-17-14-25(39-38-17)35-28-27(47-4)29(40-12-10-18(11-13-40)15-24(34)42)37-30(36-28)48-23-9-8-19(16-21(23)32)49(45,46)31(2,3)20-6-5-7-22(26(20)33)41(43)44/h5-9,14,16,18H,10-13,15H2,1-4H3,(H2,34,42)(H2,35,36,37,38,39). The van der Waals surface area contributed by atoms with Crippen molar-refractivity contribution >= 4 is 50.6 Å². The Labute approximate surface area is 284 Å². The Morgan fingerprint density at radius 1 is 1.20 bits per heavy atom. The van der Waals surface area contributed by atoms with Crippen LogP contribution in [-0.4, -0.2) is 59.6 Å². The summed E-state index contributed by atoms with van der Waals surface area (Å²) in [5.41, 5.74) is 4.89. The molecule has 0 spiro atoms. The lowest BCUT2D eigenvalue weighted by molar-refractivity contribution is -0.387. The molecule has 1 aliphatic rings. The van der Waals surface area contributed by atoms with Gasteiger partial charge in [-0.05, 0) is 69.5 Å². The molecular formula is C31H34F2N8O6S2. The number of hydrogen-bond acceptors (Lipinski definition) is 12. The van der Waals surface area contributed by atoms with Gasteiger partial charge in [-0.2, -0.15) is 9.49 Å². The molecule has 0 aliphatic carbocycles. The molecule has 4 aromatic rings. The van der Waals surface area contributed by atoms with Crippen molar-refractivity contribution in [2.24, 2.45) is 11.7 Å². The Morgan fingerprint density at radius 3 is 2.51 bits per heavy atom. The van der Waals surface area contributed by atoms with Crippen molar-refractivity contribution in [2.45, 2.75) is 59.7 Å². The third-order valence-corrected chi connectivity index (χ3v) is 11.7. The van der Waals surface area contributed by atoms with E-state index in [1.165, 1.54) is 39.2 Å². The summed E-state index contributed by atoms with van der Waals surface area (Å²) in [6.45, 7) is 5.30. The molecular weight excluding hydrogens is 683 g/mol. The molecule has 4 N–H and O–H groups in total. The van der Waals surface area contributed by atoms with E-state index in [2.05, 4.69) is 20.5 Å². The van der Waals surface area contributed by atoms with Gasteiger partial charge < -0.3 is 20.7 Å². The topological polar surface area (TPSA) is 199 Å². The number of primary amides is 1. The fraction of sp³-hybridized carbons (Fsp3) is 0.355. The molecule has 5 rings (SSSR count). The average molecular weight is 717 g/mol. The molecule has 49 heavy (non-hydrogen) atoms. The maximum Gasteiger partial charge on any atom is 0.305 e. The van der Waals surface area contributed by atoms with Gasteiger partial charge in [0.2, 0.25) is 17.5 Å². The number of carbonyl (C=O) groups is 1. The molecule has 2 aromatic carbocycles. The number of rotatable bonds is 12. The maximum atomic E-state index is 15.7. The molecule has 14 nitrogen and oxygen atoms in total. The van der Waals surface area contributed by atoms with Crippen LogP contribution >= 0.6 is 11.8 Å². The number of carbonyl (C=O) groups excluding carboxylic acids is 1. The van der Waals surface area contributed by atoms with E-state index in [1.54, 1.807) is 6.07 Å². The summed E-state index contributed by atoms with van der Waals surface area (Å²) in [5.74, 6) is -0.995. The second-order valence-electron chi connectivity index (χ2n) is 12.0. The molecule has 1 fully saturated rings. The number of benzene rings is 2. The van der Waals surface area contributed by atoms with Crippen LogP contribution in [0.4, 0.5) is 31.9 Å². The number of nitrogens with two attached hydrogens (primary N) is 1. The number of methoxy groups -OCH3 is 1. The number of aryl methyl sites for hydroxylation is 1. The number of nitrogens with one attached hydrogen (secondary N) is 2. The van der Waals surface area contributed by atoms with Crippen LogP contribution in [0.3, 0.4) is 0 Å². The highest BCUT2D eigenvalue weighted by Crippen LogP contribution is 2.42. The number of halogens is 2. The van der Waals surface area contributed by atoms with Gasteiger partial charge in [0.05, 0.1) is 26.6 Å². The predicted molar refractivity (Wildman–Crippen MR) is 178 cm³/mol. The van der Waals surface area contributed by atoms with E-state index in [0.29, 0.717) is 43.3 Å². The van der Waals surface area contributed by atoms with Gasteiger partial charge in [-0.15, -0.1) is 0 Å². The fourth-order valence-corrected chi connectivity index (χ4v) is 7.88. The first-order valence-electron chi connectivity index (χ1n) is 15.1. The molecule has 0 atom stereocenters. The zero-order valence-corrected chi connectivity index (χ0v) is 28.6. The summed E-state index contributed by atoms with van der Waals surface area (Å²) in [5, 5.41) is 21.5. The number of nitro groups is 1. The van der Waals surface area contributed by atoms with E-state index >= 15 is 8.78 Å². The molecule has 0 radical (unpaired) electrons. The highest BCUT2D eigenvalue weighted by molar-refractivity contribution is 7.99. The van der Waals surface area contributed by atoms with E-state index < -0.39 is 47.3 Å². The van der Waals surface area contributed by atoms with Crippen LogP contribution in [0.25, 0.3) is 0 Å². The summed E-state index contributed by atoms with van der Waals surface area (Å²) in [7, 11) is -3.00. The minimum absolute atomic E-state index is 0.00358. The molecule has 1 saturated heterocycles. The monoisotopic (exact) mass is 716 g/mol. The van der Waals surface area contributed by atoms with Crippen LogP contribution in [-0.2, 0) is 19.4 Å². The number of sulfone groups is 1. The Balaban J connectivity index is 1.48. The highest BCUT2D eigenvalue weighted by Gasteiger charge is 2.41. The smallest absolute Gasteiger partial charge is 0.305 e. The average Bonchev–Trinajstić information content (AvgIpc) is 3.45. The van der Waals surface area contributed by atoms with E-state index in [-0.39, 0.29) is 34.1 Å². The minimum atomic E-state index is -4.47. The number of hydrogen-bond donors (Lipinski definition) is 3. The van der Waals surface area contributed by atoms with E-state index in [0.717, 1.165) is 35.7 Å². The van der Waals surface area contributed by atoms with Gasteiger partial charge in [0.25, 0.3) is 0 Å². The van der Waals surface area contributed by atoms with Crippen molar-refractivity contribution in [2.75, 3.05) is 30.4 Å². The van der Waals surface area contributed by atoms with Crippen LogP contribution in [0.15, 0.2) is 57.4 Å². The molecule has 0 bridgehead atoms. The molecule has 3 heterocycles. The van der Waals surface area contributed by atoms with Crippen LogP contribution in [0.2, 0.25) is 0 Å². The van der Waals surface area contributed by atoms with Gasteiger partial charge in [-0.3, -0.25) is 20.0 Å². The molecule has 1 amide bonds. The van der Waals surface area contributed by atoms with Crippen molar-refractivity contribution in [1.82, 2.24) is 20.2 Å². The molecule has 2 aromatic heterocycles. The van der Waals surface area contributed by atoms with Gasteiger partial charge in [-0.1, -0.05) is 12.1 Å². The number of aromatic nitrogens is 4. The third-order valence-electron chi connectivity index (χ3n) is 8.30. The summed E-state index contributed by atoms with van der Waals surface area (Å²) in [6.07, 6.45) is 1.64. The van der Waals surface area contributed by atoms with Crippen molar-refractivity contribution in [3.63, 3.8) is 0 Å². The number of anilines is 3. The zero-order chi connectivity index (χ0) is 35.7. The number of H-pyrrole nitrogens is 1. The maximum absolute atomic E-state index is 15.7. The number of aromatic amines is 1. The van der Waals surface area contributed by atoms with Gasteiger partial charge in [0.15, 0.2) is 32.4 Å². The summed E-state index contributed by atoms with van der Waals surface area (Å²) >= 11 is 0.843. The largest absolute Gasteiger partial charge is 0.490 e. The number of amides is 1. The van der Waals surface area contributed by atoms with Gasteiger partial charge >= 0.3 is 5.69 Å². The van der Waals surface area contributed by atoms with Crippen molar-refractivity contribution < 1.29 is 31.7 Å². The van der Waals surface area contributed by atoms with Crippen LogP contribution in [0.5, 0.6) is 5.75 Å². The minimum Gasteiger partial charge on any atom is -0.490 e. The third kappa shape index (κ3) is 7.29. The second kappa shape index (κ2) is 13.9. The summed E-state index contributed by atoms with van der Waals surface area (Å²) in [4.78, 5) is 32.6. The Hall–Kier alpha value is -4.84. The van der Waals surface area contributed by atoms with E-state index in [9.17, 15) is 23.3 Å². The molecule has 0 saturated carbocycles. The molecule has 0 unspecified atom stereocenters. The number of nitrogens with zero attached hydrogens (tertiary/aromatic N) is 5. The lowest BCUT2D eigenvalue weighted by Gasteiger charge is -2.33. The lowest BCUT2D eigenvalue weighted by atomic mass is 9.93. The van der Waals surface area contributed by atoms with Crippen molar-refractivity contribution in [3.05, 3.63) is 75.5 Å². The molecule has 260 valence electrons. The number of nitro benzene ring substituents is 1. The van der Waals surface area contributed by atoms with Crippen LogP contribution in [0, 0.1) is 34.6 Å². The van der Waals surface area contributed by atoms with Gasteiger partial charge in [0, 0.05) is 42.9 Å². The summed E-state index contributed by atoms with van der Waals surface area (Å²) < 4.78 is 61.9. The highest BCUT2D eigenvalue weighted by atomic mass is 32.2. The van der Waals surface area contributed by atoms with Crippen molar-refractivity contribution in [1.29, 1.82) is 0 Å². The first kappa shape index (κ1) is 35.5. The Bertz CT molecular complexity index is 2020. The van der Waals surface area contributed by atoms with Gasteiger partial charge in [-0.25, -0.2) is 22.8 Å². The number of piperidine rings is 1. The molecule has 1 aliphatic heterocycles. The van der Waals surface area contributed by atoms with Gasteiger partial charge in [0.1, 0.15) is 5.82 Å². The Morgan fingerprint density at radius 2 is 1.92 bits per heavy atom. The van der Waals surface area contributed by atoms with E-state index in [4.69, 9.17) is 15.5 Å². The quantitative estimate of drug-likeness (QED) is 0.0960. The zero-order valence-electron chi connectivity index (χ0n) is 27.0. The summed E-state index contributed by atoms with van der Waals surface area (Å²) in [6, 6.07) is 8.27. The van der Waals surface area contributed by atoms with Crippen LogP contribution < -0.4 is 20.7 Å². The Kier molecular flexibility index (Phi) is 10.1. The SMILES string of the molecule is COc1c(Nc2cc(C)[nH]n2)nc(Sc2ccc(S(=O)(=O)C(C)(C)c3cccc([N+](=O)[O-])c3F)cc2F)nc1N1CCC(CC(N)=O)CC1. The van der Waals surface area contributed by atoms with Crippen LogP contribution in [0.1, 0.15) is 44.4 Å². The normalized spacial score (nSPS) is 14.1. The molecule has 18 heteroatoms. The second-order valence-corrected chi connectivity index (χ2v) is 15.5. The van der Waals surface area contributed by atoms with E-state index in [1.807, 2.05) is 11.8 Å². The predicted octanol–water partition coefficient (Wildman–Crippen LogP) is 5.40. The first-order valence-corrected chi connectivity index (χ1v) is 17.4. The van der Waals surface area contributed by atoms with Crippen molar-refractivity contribution in [3.8, 4) is 5.75 Å². The number of ether oxygens (including phenoxy) is 1.